The maximum Gasteiger partial charge on any atom is 0.224 e. The van der Waals surface area contributed by atoms with Crippen LogP contribution in [0.5, 0.6) is 0 Å². The summed E-state index contributed by atoms with van der Waals surface area (Å²) in [5, 5.41) is 24.9. The van der Waals surface area contributed by atoms with Crippen LogP contribution in [0.3, 0.4) is 0 Å². The van der Waals surface area contributed by atoms with E-state index in [1.54, 1.807) is 0 Å². The first kappa shape index (κ1) is 15.3. The fourth-order valence-electron chi connectivity index (χ4n) is 2.29. The van der Waals surface area contributed by atoms with E-state index in [0.29, 0.717) is 17.3 Å². The van der Waals surface area contributed by atoms with Crippen LogP contribution < -0.4 is 10.6 Å². The number of aromatic nitrogens is 2. The van der Waals surface area contributed by atoms with Crippen molar-refractivity contribution in [2.75, 3.05) is 10.6 Å². The molecule has 21 heavy (non-hydrogen) atoms. The maximum atomic E-state index is 9.52. The highest BCUT2D eigenvalue weighted by molar-refractivity contribution is 5.56. The molecule has 2 rings (SSSR count). The average molecular weight is 287 g/mol. The number of hydrogen-bond acceptors (Lipinski definition) is 6. The summed E-state index contributed by atoms with van der Waals surface area (Å²) in [6.45, 7) is 5.85. The van der Waals surface area contributed by atoms with Crippen LogP contribution in [0.4, 0.5) is 11.8 Å². The third-order valence-corrected chi connectivity index (χ3v) is 3.66. The summed E-state index contributed by atoms with van der Waals surface area (Å²) in [6, 6.07) is 2.34. The van der Waals surface area contributed by atoms with Gasteiger partial charge in [-0.25, -0.2) is 4.98 Å². The molecule has 0 aromatic carbocycles. The van der Waals surface area contributed by atoms with Gasteiger partial charge in [-0.3, -0.25) is 0 Å². The standard InChI is InChI=1S/C15H21N5O/c1-3-10(2)18-14-11(8-16)9-17-15(20-14)19-12-4-6-13(21)7-5-12/h9,12-13,21H,2-7H2,1H3,(H2,17,18,19,20)/t12-,13-. The molecule has 3 N–H and O–H groups in total. The summed E-state index contributed by atoms with van der Waals surface area (Å²) in [4.78, 5) is 8.54. The Morgan fingerprint density at radius 3 is 2.81 bits per heavy atom. The summed E-state index contributed by atoms with van der Waals surface area (Å²) in [6.07, 6.45) is 5.48. The Labute approximate surface area is 124 Å². The molecule has 0 unspecified atom stereocenters. The fraction of sp³-hybridized carbons (Fsp3) is 0.533. The Morgan fingerprint density at radius 1 is 1.48 bits per heavy atom. The molecule has 1 aliphatic rings. The zero-order valence-electron chi connectivity index (χ0n) is 12.3. The van der Waals surface area contributed by atoms with Crippen LogP contribution in [0.1, 0.15) is 44.6 Å². The van der Waals surface area contributed by atoms with E-state index in [9.17, 15) is 5.11 Å². The van der Waals surface area contributed by atoms with Gasteiger partial charge in [0.1, 0.15) is 11.6 Å². The van der Waals surface area contributed by atoms with Crippen molar-refractivity contribution in [3.63, 3.8) is 0 Å². The zero-order chi connectivity index (χ0) is 15.2. The number of allylic oxidation sites excluding steroid dienone is 1. The minimum Gasteiger partial charge on any atom is -0.393 e. The van der Waals surface area contributed by atoms with Crippen molar-refractivity contribution in [3.05, 3.63) is 24.0 Å². The predicted molar refractivity (Wildman–Crippen MR) is 81.7 cm³/mol. The number of nitrogens with zero attached hydrogens (tertiary/aromatic N) is 3. The van der Waals surface area contributed by atoms with E-state index in [0.717, 1.165) is 37.8 Å². The van der Waals surface area contributed by atoms with Crippen molar-refractivity contribution in [1.29, 1.82) is 5.26 Å². The molecule has 0 bridgehead atoms. The molecule has 1 heterocycles. The molecule has 1 aromatic heterocycles. The molecule has 0 saturated heterocycles. The smallest absolute Gasteiger partial charge is 0.224 e. The highest BCUT2D eigenvalue weighted by Crippen LogP contribution is 2.22. The van der Waals surface area contributed by atoms with Gasteiger partial charge in [-0.05, 0) is 32.1 Å². The lowest BCUT2D eigenvalue weighted by molar-refractivity contribution is 0.126. The van der Waals surface area contributed by atoms with Crippen LogP contribution in [0.2, 0.25) is 0 Å². The van der Waals surface area contributed by atoms with Crippen LogP contribution in [-0.4, -0.2) is 27.2 Å². The number of rotatable bonds is 5. The molecule has 1 aromatic rings. The van der Waals surface area contributed by atoms with E-state index in [1.807, 2.05) is 6.92 Å². The van der Waals surface area contributed by atoms with Crippen molar-refractivity contribution in [3.8, 4) is 6.07 Å². The van der Waals surface area contributed by atoms with Gasteiger partial charge in [0.2, 0.25) is 5.95 Å². The van der Waals surface area contributed by atoms with Crippen molar-refractivity contribution >= 4 is 11.8 Å². The molecule has 0 spiro atoms. The highest BCUT2D eigenvalue weighted by atomic mass is 16.3. The van der Waals surface area contributed by atoms with Gasteiger partial charge in [-0.1, -0.05) is 13.5 Å². The van der Waals surface area contributed by atoms with Crippen molar-refractivity contribution in [1.82, 2.24) is 9.97 Å². The van der Waals surface area contributed by atoms with Crippen molar-refractivity contribution in [2.45, 2.75) is 51.2 Å². The number of anilines is 2. The lowest BCUT2D eigenvalue weighted by atomic mass is 9.93. The van der Waals surface area contributed by atoms with Gasteiger partial charge in [0.25, 0.3) is 0 Å². The number of aliphatic hydroxyl groups excluding tert-OH is 1. The predicted octanol–water partition coefficient (Wildman–Crippen LogP) is 2.40. The summed E-state index contributed by atoms with van der Waals surface area (Å²) < 4.78 is 0. The SMILES string of the molecule is C=C(CC)Nc1nc(N[C@H]2CC[C@H](O)CC2)ncc1C#N. The van der Waals surface area contributed by atoms with Gasteiger partial charge in [0.05, 0.1) is 12.3 Å². The van der Waals surface area contributed by atoms with Gasteiger partial charge in [0.15, 0.2) is 5.82 Å². The number of nitrogens with one attached hydrogen (secondary N) is 2. The van der Waals surface area contributed by atoms with E-state index < -0.39 is 0 Å². The molecule has 1 saturated carbocycles. The van der Waals surface area contributed by atoms with Crippen molar-refractivity contribution in [2.24, 2.45) is 0 Å². The Kier molecular flexibility index (Phi) is 5.12. The van der Waals surface area contributed by atoms with E-state index in [1.165, 1.54) is 6.20 Å². The van der Waals surface area contributed by atoms with E-state index in [4.69, 9.17) is 5.26 Å². The molecule has 1 aliphatic carbocycles. The summed E-state index contributed by atoms with van der Waals surface area (Å²) in [5.74, 6) is 0.986. The largest absolute Gasteiger partial charge is 0.393 e. The molecule has 0 atom stereocenters. The Hall–Kier alpha value is -2.13. The first-order chi connectivity index (χ1) is 10.1. The second-order valence-electron chi connectivity index (χ2n) is 5.30. The van der Waals surface area contributed by atoms with Crippen molar-refractivity contribution < 1.29 is 5.11 Å². The molecule has 0 aliphatic heterocycles. The average Bonchev–Trinajstić information content (AvgIpc) is 2.50. The summed E-state index contributed by atoms with van der Waals surface area (Å²) in [5.41, 5.74) is 1.20. The Bertz CT molecular complexity index is 543. The molecule has 6 heteroatoms. The number of hydrogen-bond donors (Lipinski definition) is 3. The molecule has 0 radical (unpaired) electrons. The van der Waals surface area contributed by atoms with E-state index in [2.05, 4.69) is 33.2 Å². The third kappa shape index (κ3) is 4.17. The Morgan fingerprint density at radius 2 is 2.19 bits per heavy atom. The molecular formula is C15H21N5O. The van der Waals surface area contributed by atoms with E-state index in [-0.39, 0.29) is 12.1 Å². The summed E-state index contributed by atoms with van der Waals surface area (Å²) >= 11 is 0. The fourth-order valence-corrected chi connectivity index (χ4v) is 2.29. The van der Waals surface area contributed by atoms with Crippen LogP contribution in [0, 0.1) is 11.3 Å². The van der Waals surface area contributed by atoms with Gasteiger partial charge < -0.3 is 15.7 Å². The number of nitriles is 1. The summed E-state index contributed by atoms with van der Waals surface area (Å²) in [7, 11) is 0. The van der Waals surface area contributed by atoms with Gasteiger partial charge in [0, 0.05) is 11.7 Å². The van der Waals surface area contributed by atoms with Gasteiger partial charge in [-0.15, -0.1) is 0 Å². The van der Waals surface area contributed by atoms with Crippen LogP contribution in [0.15, 0.2) is 18.5 Å². The van der Waals surface area contributed by atoms with Gasteiger partial charge >= 0.3 is 0 Å². The van der Waals surface area contributed by atoms with Gasteiger partial charge in [-0.2, -0.15) is 10.2 Å². The lowest BCUT2D eigenvalue weighted by Crippen LogP contribution is -2.29. The van der Waals surface area contributed by atoms with Crippen LogP contribution in [-0.2, 0) is 0 Å². The van der Waals surface area contributed by atoms with E-state index >= 15 is 0 Å². The monoisotopic (exact) mass is 287 g/mol. The molecule has 0 amide bonds. The molecule has 1 fully saturated rings. The minimum absolute atomic E-state index is 0.185. The van der Waals surface area contributed by atoms with Crippen LogP contribution >= 0.6 is 0 Å². The van der Waals surface area contributed by atoms with Crippen LogP contribution in [0.25, 0.3) is 0 Å². The third-order valence-electron chi connectivity index (χ3n) is 3.66. The first-order valence-electron chi connectivity index (χ1n) is 7.29. The minimum atomic E-state index is -0.185. The second kappa shape index (κ2) is 7.04. The lowest BCUT2D eigenvalue weighted by Gasteiger charge is -2.26. The normalized spacial score (nSPS) is 21.4. The zero-order valence-corrected chi connectivity index (χ0v) is 12.3. The highest BCUT2D eigenvalue weighted by Gasteiger charge is 2.20. The Balaban J connectivity index is 2.08. The molecule has 6 nitrogen and oxygen atoms in total. The molecule has 112 valence electrons. The topological polar surface area (TPSA) is 93.9 Å². The first-order valence-corrected chi connectivity index (χ1v) is 7.29. The second-order valence-corrected chi connectivity index (χ2v) is 5.30. The quantitative estimate of drug-likeness (QED) is 0.770. The number of aliphatic hydroxyl groups is 1. The maximum absolute atomic E-state index is 9.52. The molecular weight excluding hydrogens is 266 g/mol.